The van der Waals surface area contributed by atoms with Gasteiger partial charge in [-0.3, -0.25) is 4.57 Å². The number of aromatic amines is 1. The van der Waals surface area contributed by atoms with Crippen LogP contribution in [-0.2, 0) is 6.54 Å². The Labute approximate surface area is 130 Å². The van der Waals surface area contributed by atoms with Crippen LogP contribution in [0.4, 0.5) is 0 Å². The van der Waals surface area contributed by atoms with Crippen molar-refractivity contribution in [2.45, 2.75) is 36.8 Å². The highest BCUT2D eigenvalue weighted by atomic mass is 79.9. The van der Waals surface area contributed by atoms with Crippen LogP contribution in [0, 0.1) is 0 Å². The Balaban J connectivity index is 2.36. The number of thioether (sulfide) groups is 1. The van der Waals surface area contributed by atoms with Crippen molar-refractivity contribution < 1.29 is 0 Å². The van der Waals surface area contributed by atoms with Crippen LogP contribution in [-0.4, -0.2) is 20.8 Å². The lowest BCUT2D eigenvalue weighted by molar-refractivity contribution is 0.651. The zero-order valence-electron chi connectivity index (χ0n) is 11.3. The van der Waals surface area contributed by atoms with Gasteiger partial charge in [0, 0.05) is 17.1 Å². The molecule has 0 spiro atoms. The Morgan fingerprint density at radius 1 is 1.50 bits per heavy atom. The van der Waals surface area contributed by atoms with E-state index in [9.17, 15) is 4.79 Å². The van der Waals surface area contributed by atoms with Gasteiger partial charge in [-0.1, -0.05) is 45.9 Å². The average Bonchev–Trinajstić information content (AvgIpc) is 2.77. The second-order valence-corrected chi connectivity index (χ2v) is 6.44. The molecule has 3 N–H and O–H groups in total. The summed E-state index contributed by atoms with van der Waals surface area (Å²) in [5.74, 6) is 0. The van der Waals surface area contributed by atoms with E-state index in [0.717, 1.165) is 10.0 Å². The van der Waals surface area contributed by atoms with E-state index in [1.54, 1.807) is 4.57 Å². The molecule has 5 nitrogen and oxygen atoms in total. The summed E-state index contributed by atoms with van der Waals surface area (Å²) in [6.07, 6.45) is 0. The van der Waals surface area contributed by atoms with E-state index >= 15 is 0 Å². The van der Waals surface area contributed by atoms with Crippen LogP contribution in [0.25, 0.3) is 0 Å². The molecule has 0 fully saturated rings. The zero-order chi connectivity index (χ0) is 14.7. The van der Waals surface area contributed by atoms with Crippen LogP contribution in [0.2, 0.25) is 0 Å². The fourth-order valence-electron chi connectivity index (χ4n) is 1.95. The number of H-pyrrole nitrogens is 1. The predicted molar refractivity (Wildman–Crippen MR) is 84.9 cm³/mol. The standard InChI is InChI=1S/C13H17BrN4OS/c1-3-18-12(19)16-17-13(18)20-11(8(2)15)9-6-4-5-7-10(9)14/h4-8,11H,3,15H2,1-2H3,(H,16,19). The van der Waals surface area contributed by atoms with Crippen molar-refractivity contribution in [1.82, 2.24) is 14.8 Å². The van der Waals surface area contributed by atoms with Crippen molar-refractivity contribution in [2.24, 2.45) is 5.73 Å². The van der Waals surface area contributed by atoms with E-state index in [1.807, 2.05) is 38.1 Å². The van der Waals surface area contributed by atoms with Gasteiger partial charge in [0.25, 0.3) is 0 Å². The lowest BCUT2D eigenvalue weighted by Gasteiger charge is -2.21. The number of hydrogen-bond donors (Lipinski definition) is 2. The number of hydrogen-bond acceptors (Lipinski definition) is 4. The van der Waals surface area contributed by atoms with E-state index < -0.39 is 0 Å². The SMILES string of the molecule is CCn1c(SC(c2ccccc2Br)C(C)N)n[nH]c1=O. The molecule has 108 valence electrons. The van der Waals surface area contributed by atoms with Gasteiger partial charge in [0.05, 0.1) is 5.25 Å². The minimum absolute atomic E-state index is 0.0195. The first-order valence-corrected chi connectivity index (χ1v) is 8.03. The van der Waals surface area contributed by atoms with Crippen molar-refractivity contribution in [2.75, 3.05) is 0 Å². The predicted octanol–water partition coefficient (Wildman–Crippen LogP) is 2.53. The van der Waals surface area contributed by atoms with E-state index in [4.69, 9.17) is 5.73 Å². The molecule has 2 unspecified atom stereocenters. The molecule has 0 aliphatic rings. The Kier molecular flexibility index (Phi) is 5.06. The molecule has 0 saturated carbocycles. The van der Waals surface area contributed by atoms with Crippen LogP contribution in [0.5, 0.6) is 0 Å². The number of nitrogens with one attached hydrogen (secondary N) is 1. The maximum Gasteiger partial charge on any atom is 0.343 e. The summed E-state index contributed by atoms with van der Waals surface area (Å²) in [5.41, 5.74) is 7.03. The Morgan fingerprint density at radius 2 is 2.20 bits per heavy atom. The van der Waals surface area contributed by atoms with Crippen LogP contribution in [0.3, 0.4) is 0 Å². The molecule has 2 aromatic rings. The van der Waals surface area contributed by atoms with Crippen LogP contribution < -0.4 is 11.4 Å². The van der Waals surface area contributed by atoms with Gasteiger partial charge in [0.2, 0.25) is 0 Å². The van der Waals surface area contributed by atoms with Gasteiger partial charge in [-0.25, -0.2) is 9.89 Å². The highest BCUT2D eigenvalue weighted by Crippen LogP contribution is 2.38. The van der Waals surface area contributed by atoms with Gasteiger partial charge < -0.3 is 5.73 Å². The summed E-state index contributed by atoms with van der Waals surface area (Å²) in [5, 5.41) is 7.25. The molecule has 0 aliphatic heterocycles. The maximum atomic E-state index is 11.6. The third kappa shape index (κ3) is 3.16. The number of nitrogens with two attached hydrogens (primary N) is 1. The number of halogens is 1. The minimum Gasteiger partial charge on any atom is -0.327 e. The third-order valence-corrected chi connectivity index (χ3v) is 5.14. The summed E-state index contributed by atoms with van der Waals surface area (Å²) in [6, 6.07) is 7.89. The number of nitrogens with zero attached hydrogens (tertiary/aromatic N) is 2. The molecule has 0 aliphatic carbocycles. The van der Waals surface area contributed by atoms with Crippen molar-refractivity contribution in [3.8, 4) is 0 Å². The molecule has 2 rings (SSSR count). The van der Waals surface area contributed by atoms with E-state index in [0.29, 0.717) is 11.7 Å². The van der Waals surface area contributed by atoms with Gasteiger partial charge in [0.15, 0.2) is 5.16 Å². The highest BCUT2D eigenvalue weighted by molar-refractivity contribution is 9.10. The Morgan fingerprint density at radius 3 is 2.80 bits per heavy atom. The van der Waals surface area contributed by atoms with Crippen LogP contribution in [0.15, 0.2) is 38.7 Å². The van der Waals surface area contributed by atoms with Gasteiger partial charge >= 0.3 is 5.69 Å². The van der Waals surface area contributed by atoms with Gasteiger partial charge in [-0.15, -0.1) is 5.10 Å². The van der Waals surface area contributed by atoms with Gasteiger partial charge in [0.1, 0.15) is 0 Å². The molecule has 0 saturated heterocycles. The molecular formula is C13H17BrN4OS. The second-order valence-electron chi connectivity index (χ2n) is 4.47. The summed E-state index contributed by atoms with van der Waals surface area (Å²) in [7, 11) is 0. The average molecular weight is 357 g/mol. The van der Waals surface area contributed by atoms with Crippen molar-refractivity contribution in [1.29, 1.82) is 0 Å². The minimum atomic E-state index is -0.189. The normalized spacial score (nSPS) is 14.2. The van der Waals surface area contributed by atoms with E-state index in [1.165, 1.54) is 11.8 Å². The molecule has 1 aromatic heterocycles. The third-order valence-electron chi connectivity index (χ3n) is 2.96. The summed E-state index contributed by atoms with van der Waals surface area (Å²) >= 11 is 5.06. The zero-order valence-corrected chi connectivity index (χ0v) is 13.7. The first-order valence-electron chi connectivity index (χ1n) is 6.36. The smallest absolute Gasteiger partial charge is 0.327 e. The molecule has 0 amide bonds. The molecule has 7 heteroatoms. The van der Waals surface area contributed by atoms with Crippen molar-refractivity contribution in [3.63, 3.8) is 0 Å². The second kappa shape index (κ2) is 6.60. The van der Waals surface area contributed by atoms with E-state index in [-0.39, 0.29) is 17.0 Å². The summed E-state index contributed by atoms with van der Waals surface area (Å²) in [4.78, 5) is 11.6. The lowest BCUT2D eigenvalue weighted by atomic mass is 10.1. The van der Waals surface area contributed by atoms with Crippen LogP contribution >= 0.6 is 27.7 Å². The Hall–Kier alpha value is -1.05. The number of benzene rings is 1. The van der Waals surface area contributed by atoms with Crippen molar-refractivity contribution >= 4 is 27.7 Å². The van der Waals surface area contributed by atoms with E-state index in [2.05, 4.69) is 26.1 Å². The van der Waals surface area contributed by atoms with Crippen molar-refractivity contribution in [3.05, 3.63) is 44.8 Å². The first kappa shape index (κ1) is 15.3. The summed E-state index contributed by atoms with van der Waals surface area (Å²) < 4.78 is 2.62. The monoisotopic (exact) mass is 356 g/mol. The fourth-order valence-corrected chi connectivity index (χ4v) is 3.84. The Bertz CT molecular complexity index is 637. The highest BCUT2D eigenvalue weighted by Gasteiger charge is 2.22. The molecule has 1 heterocycles. The molecule has 0 bridgehead atoms. The van der Waals surface area contributed by atoms with Gasteiger partial charge in [-0.2, -0.15) is 0 Å². The quantitative estimate of drug-likeness (QED) is 0.807. The van der Waals surface area contributed by atoms with Crippen LogP contribution in [0.1, 0.15) is 24.7 Å². The fraction of sp³-hybridized carbons (Fsp3) is 0.385. The number of rotatable bonds is 5. The molecule has 2 atom stereocenters. The van der Waals surface area contributed by atoms with Gasteiger partial charge in [-0.05, 0) is 25.5 Å². The first-order chi connectivity index (χ1) is 9.54. The largest absolute Gasteiger partial charge is 0.343 e. The maximum absolute atomic E-state index is 11.6. The lowest BCUT2D eigenvalue weighted by Crippen LogP contribution is -2.24. The molecule has 0 radical (unpaired) electrons. The molecule has 20 heavy (non-hydrogen) atoms. The molecule has 1 aromatic carbocycles. The number of aromatic nitrogens is 3. The summed E-state index contributed by atoms with van der Waals surface area (Å²) in [6.45, 7) is 4.46. The molecular weight excluding hydrogens is 340 g/mol. The topological polar surface area (TPSA) is 76.7 Å².